The summed E-state index contributed by atoms with van der Waals surface area (Å²) < 4.78 is 0. The number of carbonyl (C=O) groups excluding carboxylic acids is 1. The normalized spacial score (nSPS) is 19.2. The molecular formula is C29H49Cl2N7O. The molecule has 1 aliphatic heterocycles. The molecule has 1 rings (SSSR count). The molecule has 0 aromatic heterocycles. The van der Waals surface area contributed by atoms with Crippen LogP contribution in [0.5, 0.6) is 0 Å². The Balaban J connectivity index is 2.88. The van der Waals surface area contributed by atoms with Gasteiger partial charge in [0.05, 0.1) is 0 Å². The number of nitrogens with zero attached hydrogens (tertiary/aromatic N) is 4. The van der Waals surface area contributed by atoms with Gasteiger partial charge in [0.25, 0.3) is 0 Å². The molecular weight excluding hydrogens is 533 g/mol. The molecule has 1 fully saturated rings. The van der Waals surface area contributed by atoms with Crippen molar-refractivity contribution in [2.24, 2.45) is 10.7 Å². The quantitative estimate of drug-likeness (QED) is 0.108. The Morgan fingerprint density at radius 3 is 2.46 bits per heavy atom. The first-order valence-corrected chi connectivity index (χ1v) is 14.8. The van der Waals surface area contributed by atoms with Gasteiger partial charge in [-0.2, -0.15) is 0 Å². The molecule has 8 nitrogen and oxygen atoms in total. The number of hydrogen-bond donors (Lipinski definition) is 3. The molecule has 1 saturated heterocycles. The molecule has 0 saturated carbocycles. The zero-order valence-electron chi connectivity index (χ0n) is 24.6. The number of halogens is 2. The van der Waals surface area contributed by atoms with Crippen molar-refractivity contribution in [3.63, 3.8) is 0 Å². The van der Waals surface area contributed by atoms with E-state index < -0.39 is 0 Å². The molecule has 1 heterocycles. The van der Waals surface area contributed by atoms with Crippen LogP contribution in [0.3, 0.4) is 0 Å². The van der Waals surface area contributed by atoms with Crippen LogP contribution in [0.4, 0.5) is 0 Å². The van der Waals surface area contributed by atoms with Crippen LogP contribution in [0.2, 0.25) is 0 Å². The highest BCUT2D eigenvalue weighted by molar-refractivity contribution is 6.82. The fourth-order valence-electron chi connectivity index (χ4n) is 4.68. The topological polar surface area (TPSA) is 101 Å². The van der Waals surface area contributed by atoms with E-state index in [1.807, 2.05) is 30.9 Å². The van der Waals surface area contributed by atoms with Gasteiger partial charge >= 0.3 is 0 Å². The number of nitrogens with one attached hydrogen (secondary N) is 2. The summed E-state index contributed by atoms with van der Waals surface area (Å²) in [5, 5.41) is 11.3. The van der Waals surface area contributed by atoms with Gasteiger partial charge in [-0.05, 0) is 71.7 Å². The third-order valence-electron chi connectivity index (χ3n) is 6.84. The first-order valence-electron chi connectivity index (χ1n) is 14.1. The Labute approximate surface area is 246 Å². The Hall–Kier alpha value is -2.13. The summed E-state index contributed by atoms with van der Waals surface area (Å²) in [4.78, 5) is 23.2. The minimum atomic E-state index is -0.319. The lowest BCUT2D eigenvalue weighted by atomic mass is 10.0. The fourth-order valence-corrected chi connectivity index (χ4v) is 4.91. The highest BCUT2D eigenvalue weighted by atomic mass is 35.5. The van der Waals surface area contributed by atoms with Crippen LogP contribution in [-0.2, 0) is 4.79 Å². The van der Waals surface area contributed by atoms with E-state index in [1.165, 1.54) is 11.6 Å². The number of amidine groups is 1. The highest BCUT2D eigenvalue weighted by Gasteiger charge is 2.31. The van der Waals surface area contributed by atoms with Gasteiger partial charge in [-0.15, -0.1) is 0 Å². The van der Waals surface area contributed by atoms with Crippen molar-refractivity contribution >= 4 is 40.1 Å². The maximum Gasteiger partial charge on any atom is 0.247 e. The van der Waals surface area contributed by atoms with Crippen molar-refractivity contribution in [1.82, 2.24) is 20.0 Å². The molecule has 0 radical (unpaired) electrons. The number of amides is 1. The van der Waals surface area contributed by atoms with Crippen LogP contribution in [0.15, 0.2) is 51.8 Å². The molecule has 0 aromatic rings. The maximum absolute atomic E-state index is 11.8. The molecule has 2 atom stereocenters. The monoisotopic (exact) mass is 581 g/mol. The molecule has 10 heteroatoms. The zero-order chi connectivity index (χ0) is 29.4. The average molecular weight is 583 g/mol. The van der Waals surface area contributed by atoms with Crippen molar-refractivity contribution in [1.29, 1.82) is 5.41 Å². The summed E-state index contributed by atoms with van der Waals surface area (Å²) in [7, 11) is 0. The van der Waals surface area contributed by atoms with E-state index in [-0.39, 0.29) is 16.9 Å². The van der Waals surface area contributed by atoms with Gasteiger partial charge in [0, 0.05) is 55.9 Å². The van der Waals surface area contributed by atoms with Gasteiger partial charge < -0.3 is 16.0 Å². The molecule has 220 valence electrons. The number of likely N-dealkylation sites (N-methyl/N-ethyl adjacent to an activating group) is 1. The van der Waals surface area contributed by atoms with Crippen LogP contribution < -0.4 is 11.1 Å². The summed E-state index contributed by atoms with van der Waals surface area (Å²) in [6.45, 7) is 18.2. The molecule has 1 amide bonds. The van der Waals surface area contributed by atoms with E-state index in [4.69, 9.17) is 34.3 Å². The van der Waals surface area contributed by atoms with E-state index in [0.717, 1.165) is 50.5 Å². The molecule has 2 unspecified atom stereocenters. The number of rotatable bonds is 15. The lowest BCUT2D eigenvalue weighted by Gasteiger charge is -2.45. The molecule has 4 N–H and O–H groups in total. The molecule has 0 spiro atoms. The predicted octanol–water partition coefficient (Wildman–Crippen LogP) is 5.07. The number of hydrogen-bond acceptors (Lipinski definition) is 6. The Morgan fingerprint density at radius 1 is 1.18 bits per heavy atom. The Kier molecular flexibility index (Phi) is 17.0. The SMILES string of the molecule is C\C=C(Cl)/C=C\C(=C/C)CN(CCC)CCC(C)N1CCN(/C(=N/C(N)=C/C(=O)NCC)C(=N)Cl)CC1CC. The number of nitrogens with two attached hydrogens (primary N) is 1. The summed E-state index contributed by atoms with van der Waals surface area (Å²) in [6, 6.07) is 0.692. The molecule has 0 bridgehead atoms. The van der Waals surface area contributed by atoms with Crippen LogP contribution in [0.25, 0.3) is 0 Å². The minimum absolute atomic E-state index is 0.0320. The zero-order valence-corrected chi connectivity index (χ0v) is 26.2. The second-order valence-electron chi connectivity index (χ2n) is 9.74. The third-order valence-corrected chi connectivity index (χ3v) is 7.35. The van der Waals surface area contributed by atoms with Gasteiger partial charge in [0.15, 0.2) is 11.0 Å². The summed E-state index contributed by atoms with van der Waals surface area (Å²) in [5.74, 6) is 0.0182. The van der Waals surface area contributed by atoms with Crippen LogP contribution in [-0.4, -0.2) is 89.5 Å². The van der Waals surface area contributed by atoms with Gasteiger partial charge in [-0.3, -0.25) is 20.0 Å². The first-order chi connectivity index (χ1) is 18.6. The van der Waals surface area contributed by atoms with Crippen LogP contribution >= 0.6 is 23.2 Å². The van der Waals surface area contributed by atoms with Gasteiger partial charge in [-0.25, -0.2) is 4.99 Å². The summed E-state index contributed by atoms with van der Waals surface area (Å²) in [6.07, 6.45) is 12.5. The predicted molar refractivity (Wildman–Crippen MR) is 168 cm³/mol. The number of allylic oxidation sites excluding steroid dienone is 4. The van der Waals surface area contributed by atoms with Gasteiger partial charge in [-0.1, -0.05) is 55.3 Å². The van der Waals surface area contributed by atoms with E-state index in [9.17, 15) is 4.79 Å². The molecule has 0 aromatic carbocycles. The molecule has 1 aliphatic rings. The third kappa shape index (κ3) is 12.7. The van der Waals surface area contributed by atoms with E-state index in [0.29, 0.717) is 37.6 Å². The second kappa shape index (κ2) is 19.0. The molecule has 0 aliphatic carbocycles. The standard InChI is InChI=1S/C29H49Cl2N7O/c1-7-15-36(20-23(8-2)12-13-24(30)9-3)16-14-22(6)38-18-17-37(21-25(38)10-4)29(28(31)33)35-26(32)19-27(39)34-11-5/h8-9,12-13,19,22,25,33H,7,10-11,14-18,20-21,32H2,1-6H3,(H,34,39)/b13-12-,23-8+,24-9+,26-19+,33-28?,35-29+. The molecule has 39 heavy (non-hydrogen) atoms. The number of piperazine rings is 1. The number of aliphatic imine (C=N–C) groups is 1. The van der Waals surface area contributed by atoms with Gasteiger partial charge in [0.1, 0.15) is 5.82 Å². The lowest BCUT2D eigenvalue weighted by molar-refractivity contribution is -0.116. The second-order valence-corrected chi connectivity index (χ2v) is 10.6. The van der Waals surface area contributed by atoms with Crippen molar-refractivity contribution in [3.05, 3.63) is 46.8 Å². The highest BCUT2D eigenvalue weighted by Crippen LogP contribution is 2.20. The fraction of sp³-hybridized carbons (Fsp3) is 0.621. The van der Waals surface area contributed by atoms with E-state index in [1.54, 1.807) is 0 Å². The Bertz CT molecular complexity index is 942. The van der Waals surface area contributed by atoms with Crippen LogP contribution in [0.1, 0.15) is 60.8 Å². The van der Waals surface area contributed by atoms with Gasteiger partial charge in [0.2, 0.25) is 5.91 Å². The van der Waals surface area contributed by atoms with Crippen molar-refractivity contribution in [2.45, 2.75) is 72.9 Å². The lowest BCUT2D eigenvalue weighted by Crippen LogP contribution is -2.58. The van der Waals surface area contributed by atoms with E-state index in [2.05, 4.69) is 60.0 Å². The number of carbonyl (C=O) groups is 1. The Morgan fingerprint density at radius 2 is 1.90 bits per heavy atom. The van der Waals surface area contributed by atoms with E-state index >= 15 is 0 Å². The summed E-state index contributed by atoms with van der Waals surface area (Å²) >= 11 is 12.3. The van der Waals surface area contributed by atoms with Crippen molar-refractivity contribution in [2.75, 3.05) is 45.8 Å². The maximum atomic E-state index is 11.8. The minimum Gasteiger partial charge on any atom is -0.383 e. The largest absolute Gasteiger partial charge is 0.383 e. The first kappa shape index (κ1) is 34.9. The summed E-state index contributed by atoms with van der Waals surface area (Å²) in [5.41, 5.74) is 7.23. The average Bonchev–Trinajstić information content (AvgIpc) is 2.91. The van der Waals surface area contributed by atoms with Crippen LogP contribution in [0, 0.1) is 5.41 Å². The van der Waals surface area contributed by atoms with Crippen molar-refractivity contribution in [3.8, 4) is 0 Å². The van der Waals surface area contributed by atoms with Crippen molar-refractivity contribution < 1.29 is 4.79 Å². The smallest absolute Gasteiger partial charge is 0.247 e.